The minimum atomic E-state index is -5.12. The molecule has 1 saturated carbocycles. The van der Waals surface area contributed by atoms with Gasteiger partial charge in [0.25, 0.3) is 0 Å². The molecule has 6 nitrogen and oxygen atoms in total. The lowest BCUT2D eigenvalue weighted by Crippen LogP contribution is -2.61. The van der Waals surface area contributed by atoms with Gasteiger partial charge < -0.3 is 15.5 Å². The Bertz CT molecular complexity index is 795. The second kappa shape index (κ2) is 8.95. The summed E-state index contributed by atoms with van der Waals surface area (Å²) < 4.78 is 38.6. The second-order valence-corrected chi connectivity index (χ2v) is 10.5. The molecule has 9 heteroatoms. The van der Waals surface area contributed by atoms with E-state index in [9.17, 15) is 27.6 Å². The number of piperidine rings is 1. The molecular formula is C23H34F3N3O3. The third kappa shape index (κ3) is 5.21. The van der Waals surface area contributed by atoms with Crippen molar-refractivity contribution in [3.63, 3.8) is 0 Å². The summed E-state index contributed by atoms with van der Waals surface area (Å²) in [5.41, 5.74) is -1.16. The van der Waals surface area contributed by atoms with Crippen LogP contribution >= 0.6 is 0 Å². The molecule has 2 N–H and O–H groups in total. The summed E-state index contributed by atoms with van der Waals surface area (Å²) in [6.07, 6.45) is 2.78. The summed E-state index contributed by atoms with van der Waals surface area (Å²) >= 11 is 0. The molecule has 0 bridgehead atoms. The Morgan fingerprint density at radius 3 is 2.25 bits per heavy atom. The Labute approximate surface area is 188 Å². The topological polar surface area (TPSA) is 78.5 Å². The number of fused-ring (bicyclic) bond motifs is 1. The number of halogens is 3. The van der Waals surface area contributed by atoms with Crippen molar-refractivity contribution in [3.8, 4) is 12.3 Å². The van der Waals surface area contributed by atoms with E-state index in [1.807, 2.05) is 26.1 Å². The van der Waals surface area contributed by atoms with E-state index in [1.54, 1.807) is 20.8 Å². The predicted molar refractivity (Wildman–Crippen MR) is 114 cm³/mol. The Morgan fingerprint density at radius 1 is 1.19 bits per heavy atom. The van der Waals surface area contributed by atoms with Crippen molar-refractivity contribution in [3.05, 3.63) is 0 Å². The molecule has 0 aromatic rings. The molecule has 1 aliphatic carbocycles. The minimum Gasteiger partial charge on any atom is -0.341 e. The Morgan fingerprint density at radius 2 is 1.78 bits per heavy atom. The molecule has 2 fully saturated rings. The van der Waals surface area contributed by atoms with Gasteiger partial charge in [-0.25, -0.2) is 0 Å². The molecule has 32 heavy (non-hydrogen) atoms. The van der Waals surface area contributed by atoms with Crippen molar-refractivity contribution in [1.29, 1.82) is 0 Å². The lowest BCUT2D eigenvalue weighted by molar-refractivity contribution is -0.176. The van der Waals surface area contributed by atoms with Gasteiger partial charge in [0.2, 0.25) is 11.8 Å². The first-order valence-corrected chi connectivity index (χ1v) is 11.0. The summed E-state index contributed by atoms with van der Waals surface area (Å²) in [4.78, 5) is 39.5. The Balaban J connectivity index is 2.28. The minimum absolute atomic E-state index is 0.0565. The number of terminal acetylenes is 1. The zero-order valence-electron chi connectivity index (χ0n) is 19.6. The molecule has 0 unspecified atom stereocenters. The predicted octanol–water partition coefficient (Wildman–Crippen LogP) is 2.87. The van der Waals surface area contributed by atoms with Crippen LogP contribution in [-0.4, -0.2) is 53.5 Å². The first kappa shape index (κ1) is 26.0. The number of nitrogens with zero attached hydrogens (tertiary/aromatic N) is 1. The van der Waals surface area contributed by atoms with Crippen molar-refractivity contribution >= 4 is 17.7 Å². The smallest absolute Gasteiger partial charge is 0.341 e. The SMILES string of the molecule is C#C[C@H](CCCC)NC(=O)[C@@H]1[C@@H]2[C@H](CN1C(=O)[C@@H](NC(=O)C(F)(F)F)C(C)(C)C)C2(C)C. The fraction of sp³-hybridized carbons (Fsp3) is 0.783. The summed E-state index contributed by atoms with van der Waals surface area (Å²) in [6.45, 7) is 11.0. The molecule has 1 heterocycles. The van der Waals surface area contributed by atoms with Gasteiger partial charge in [-0.15, -0.1) is 6.42 Å². The summed E-state index contributed by atoms with van der Waals surface area (Å²) in [7, 11) is 0. The number of hydrogen-bond donors (Lipinski definition) is 2. The number of rotatable bonds is 7. The van der Waals surface area contributed by atoms with Crippen molar-refractivity contribution in [2.45, 2.75) is 85.1 Å². The Hall–Kier alpha value is -2.24. The van der Waals surface area contributed by atoms with E-state index >= 15 is 0 Å². The molecule has 0 spiro atoms. The maximum absolute atomic E-state index is 13.4. The number of likely N-dealkylation sites (tertiary alicyclic amines) is 1. The molecule has 2 aliphatic rings. The van der Waals surface area contributed by atoms with Crippen LogP contribution in [0.15, 0.2) is 0 Å². The lowest BCUT2D eigenvalue weighted by Gasteiger charge is -2.37. The fourth-order valence-corrected chi connectivity index (χ4v) is 4.70. The van der Waals surface area contributed by atoms with Gasteiger partial charge in [0.15, 0.2) is 0 Å². The van der Waals surface area contributed by atoms with Crippen molar-refractivity contribution in [1.82, 2.24) is 15.5 Å². The van der Waals surface area contributed by atoms with Crippen molar-refractivity contribution < 1.29 is 27.6 Å². The zero-order valence-corrected chi connectivity index (χ0v) is 19.6. The average Bonchev–Trinajstić information content (AvgIpc) is 3.02. The molecule has 3 amide bonds. The van der Waals surface area contributed by atoms with Crippen molar-refractivity contribution in [2.75, 3.05) is 6.54 Å². The molecule has 1 aliphatic heterocycles. The average molecular weight is 458 g/mol. The van der Waals surface area contributed by atoms with E-state index in [-0.39, 0.29) is 23.8 Å². The number of nitrogens with one attached hydrogen (secondary N) is 2. The Kier molecular flexibility index (Phi) is 7.28. The maximum Gasteiger partial charge on any atom is 0.471 e. The quantitative estimate of drug-likeness (QED) is 0.577. The van der Waals surface area contributed by atoms with Crippen LogP contribution in [0, 0.1) is 35.0 Å². The summed E-state index contributed by atoms with van der Waals surface area (Å²) in [5, 5.41) is 4.67. The van der Waals surface area contributed by atoms with E-state index in [4.69, 9.17) is 6.42 Å². The summed E-state index contributed by atoms with van der Waals surface area (Å²) in [5.74, 6) is -0.768. The van der Waals surface area contributed by atoms with Crippen LogP contribution in [0.25, 0.3) is 0 Å². The highest BCUT2D eigenvalue weighted by Crippen LogP contribution is 2.65. The third-order valence-corrected chi connectivity index (χ3v) is 6.77. The zero-order chi connectivity index (χ0) is 24.6. The van der Waals surface area contributed by atoms with Crippen LogP contribution in [0.2, 0.25) is 0 Å². The molecular weight excluding hydrogens is 423 g/mol. The van der Waals surface area contributed by atoms with Crippen LogP contribution in [0.4, 0.5) is 13.2 Å². The van der Waals surface area contributed by atoms with Gasteiger partial charge in [0.1, 0.15) is 12.1 Å². The summed E-state index contributed by atoms with van der Waals surface area (Å²) in [6, 6.07) is -2.76. The standard InChI is InChI=1S/C23H34F3N3O3/c1-8-10-11-13(9-2)27-18(30)16-15-14(22(15,6)7)12-29(16)19(31)17(21(3,4)5)28-20(32)23(24,25)26/h2,13-17H,8,10-12H2,1,3-7H3,(H,27,30)(H,28,32)/t13-,14+,15+,16+,17-/m1/s1. The van der Waals surface area contributed by atoms with E-state index in [0.717, 1.165) is 12.8 Å². The molecule has 1 saturated heterocycles. The number of unbranched alkanes of at least 4 members (excludes halogenated alkanes) is 1. The number of carbonyl (C=O) groups is 3. The molecule has 2 rings (SSSR count). The van der Waals surface area contributed by atoms with Gasteiger partial charge in [-0.1, -0.05) is 60.3 Å². The fourth-order valence-electron chi connectivity index (χ4n) is 4.70. The first-order chi connectivity index (χ1) is 14.6. The van der Waals surface area contributed by atoms with Crippen LogP contribution in [0.3, 0.4) is 0 Å². The third-order valence-electron chi connectivity index (χ3n) is 6.77. The van der Waals surface area contributed by atoms with Gasteiger partial charge in [0, 0.05) is 6.54 Å². The molecule has 5 atom stereocenters. The largest absolute Gasteiger partial charge is 0.471 e. The lowest BCUT2D eigenvalue weighted by atomic mass is 9.85. The van der Waals surface area contributed by atoms with E-state index in [1.165, 1.54) is 4.90 Å². The highest BCUT2D eigenvalue weighted by Gasteiger charge is 2.69. The highest BCUT2D eigenvalue weighted by atomic mass is 19.4. The maximum atomic E-state index is 13.4. The van der Waals surface area contributed by atoms with Crippen LogP contribution in [-0.2, 0) is 14.4 Å². The van der Waals surface area contributed by atoms with Gasteiger partial charge >= 0.3 is 12.1 Å². The van der Waals surface area contributed by atoms with Gasteiger partial charge in [-0.05, 0) is 29.1 Å². The van der Waals surface area contributed by atoms with E-state index in [2.05, 4.69) is 11.2 Å². The van der Waals surface area contributed by atoms with E-state index in [0.29, 0.717) is 6.42 Å². The molecule has 180 valence electrons. The number of amides is 3. The van der Waals surface area contributed by atoms with Gasteiger partial charge in [-0.2, -0.15) is 13.2 Å². The van der Waals surface area contributed by atoms with Gasteiger partial charge in [0.05, 0.1) is 6.04 Å². The monoisotopic (exact) mass is 457 g/mol. The molecule has 0 radical (unpaired) electrons. The van der Waals surface area contributed by atoms with Crippen LogP contribution in [0.1, 0.15) is 60.8 Å². The van der Waals surface area contributed by atoms with Crippen LogP contribution < -0.4 is 10.6 Å². The first-order valence-electron chi connectivity index (χ1n) is 11.0. The normalized spacial score (nSPS) is 25.9. The number of carbonyl (C=O) groups excluding carboxylic acids is 3. The second-order valence-electron chi connectivity index (χ2n) is 10.5. The molecule has 0 aromatic heterocycles. The van der Waals surface area contributed by atoms with Crippen molar-refractivity contribution in [2.24, 2.45) is 22.7 Å². The number of hydrogen-bond acceptors (Lipinski definition) is 3. The molecule has 0 aromatic carbocycles. The highest BCUT2D eigenvalue weighted by molar-refractivity contribution is 5.95. The number of alkyl halides is 3. The van der Waals surface area contributed by atoms with E-state index < -0.39 is 47.4 Å². The van der Waals surface area contributed by atoms with Gasteiger partial charge in [-0.3, -0.25) is 14.4 Å². The van der Waals surface area contributed by atoms with Crippen LogP contribution in [0.5, 0.6) is 0 Å².